The molecule has 2 heterocycles. The Hall–Kier alpha value is -1.71. The van der Waals surface area contributed by atoms with Crippen LogP contribution in [0.25, 0.3) is 0 Å². The number of ether oxygens (including phenoxy) is 1. The number of nitrogens with zero attached hydrogens (tertiary/aromatic N) is 3. The van der Waals surface area contributed by atoms with E-state index in [0.717, 1.165) is 4.57 Å². The first-order valence-electron chi connectivity index (χ1n) is 7.96. The van der Waals surface area contributed by atoms with E-state index in [2.05, 4.69) is 0 Å². The quantitative estimate of drug-likeness (QED) is 0.700. The van der Waals surface area contributed by atoms with Gasteiger partial charge < -0.3 is 14.2 Å². The summed E-state index contributed by atoms with van der Waals surface area (Å²) in [5.74, 6) is -0.224. The molecule has 24 heavy (non-hydrogen) atoms. The second-order valence-electron chi connectivity index (χ2n) is 5.41. The van der Waals surface area contributed by atoms with Crippen LogP contribution in [0.3, 0.4) is 0 Å². The monoisotopic (exact) mass is 357 g/mol. The predicted octanol–water partition coefficient (Wildman–Crippen LogP) is -0.262. The normalized spacial score (nSPS) is 15.7. The first kappa shape index (κ1) is 18.6. The molecule has 0 aromatic carbocycles. The number of aromatic nitrogens is 1. The third-order valence-electron chi connectivity index (χ3n) is 3.97. The molecule has 1 fully saturated rings. The largest absolute Gasteiger partial charge is 0.378 e. The lowest BCUT2D eigenvalue weighted by molar-refractivity contribution is -0.135. The number of sulfonamides is 1. The molecule has 2 rings (SSSR count). The fourth-order valence-electron chi connectivity index (χ4n) is 2.56. The maximum absolute atomic E-state index is 12.5. The van der Waals surface area contributed by atoms with Crippen LogP contribution in [0, 0.1) is 0 Å². The van der Waals surface area contributed by atoms with Crippen molar-refractivity contribution in [2.24, 2.45) is 0 Å². The second kappa shape index (κ2) is 7.91. The van der Waals surface area contributed by atoms with Gasteiger partial charge in [0, 0.05) is 38.4 Å². The molecular weight excluding hydrogens is 334 g/mol. The summed E-state index contributed by atoms with van der Waals surface area (Å²) in [6, 6.07) is 2.47. The Morgan fingerprint density at radius 1 is 1.21 bits per heavy atom. The highest BCUT2D eigenvalue weighted by Crippen LogP contribution is 2.13. The molecule has 8 nitrogen and oxygen atoms in total. The molecule has 1 aliphatic heterocycles. The predicted molar refractivity (Wildman–Crippen MR) is 88.2 cm³/mol. The number of pyridine rings is 1. The molecule has 9 heteroatoms. The van der Waals surface area contributed by atoms with E-state index in [1.54, 1.807) is 18.7 Å². The minimum Gasteiger partial charge on any atom is -0.378 e. The molecule has 0 spiro atoms. The third-order valence-corrected chi connectivity index (χ3v) is 6.00. The van der Waals surface area contributed by atoms with Crippen LogP contribution in [0.1, 0.15) is 13.8 Å². The second-order valence-corrected chi connectivity index (χ2v) is 7.35. The highest BCUT2D eigenvalue weighted by atomic mass is 32.2. The number of morpholine rings is 1. The van der Waals surface area contributed by atoms with Crippen molar-refractivity contribution in [3.63, 3.8) is 0 Å². The summed E-state index contributed by atoms with van der Waals surface area (Å²) in [6.45, 7) is 5.89. The average Bonchev–Trinajstić information content (AvgIpc) is 2.58. The summed E-state index contributed by atoms with van der Waals surface area (Å²) >= 11 is 0. The van der Waals surface area contributed by atoms with E-state index in [4.69, 9.17) is 4.74 Å². The first-order chi connectivity index (χ1) is 11.4. The van der Waals surface area contributed by atoms with E-state index in [1.165, 1.54) is 22.6 Å². The first-order valence-corrected chi connectivity index (χ1v) is 9.40. The zero-order chi connectivity index (χ0) is 17.7. The highest BCUT2D eigenvalue weighted by molar-refractivity contribution is 7.89. The van der Waals surface area contributed by atoms with Gasteiger partial charge in [0.1, 0.15) is 6.54 Å². The lowest BCUT2D eigenvalue weighted by atomic mass is 10.4. The Morgan fingerprint density at radius 2 is 1.83 bits per heavy atom. The van der Waals surface area contributed by atoms with Gasteiger partial charge >= 0.3 is 0 Å². The molecule has 1 amide bonds. The Labute approximate surface area is 141 Å². The number of carbonyl (C=O) groups excluding carboxylic acids is 1. The van der Waals surface area contributed by atoms with E-state index in [9.17, 15) is 18.0 Å². The SMILES string of the molecule is CCN(CC)S(=O)(=O)c1ccc(=O)n(CC(=O)N2CCOCC2)c1. The third kappa shape index (κ3) is 4.03. The Balaban J connectivity index is 2.25. The summed E-state index contributed by atoms with van der Waals surface area (Å²) in [7, 11) is -3.67. The number of amides is 1. The summed E-state index contributed by atoms with van der Waals surface area (Å²) < 4.78 is 32.7. The fraction of sp³-hybridized carbons (Fsp3) is 0.600. The van der Waals surface area contributed by atoms with Crippen molar-refractivity contribution in [2.75, 3.05) is 39.4 Å². The van der Waals surface area contributed by atoms with E-state index in [-0.39, 0.29) is 17.3 Å². The lowest BCUT2D eigenvalue weighted by Crippen LogP contribution is -2.43. The van der Waals surface area contributed by atoms with E-state index < -0.39 is 15.6 Å². The van der Waals surface area contributed by atoms with Crippen LogP contribution in [-0.4, -0.2) is 67.5 Å². The molecular formula is C15H23N3O5S. The van der Waals surface area contributed by atoms with Crippen molar-refractivity contribution >= 4 is 15.9 Å². The van der Waals surface area contributed by atoms with Crippen LogP contribution in [0.15, 0.2) is 28.0 Å². The van der Waals surface area contributed by atoms with Crippen molar-refractivity contribution in [3.05, 3.63) is 28.7 Å². The van der Waals surface area contributed by atoms with Gasteiger partial charge in [0.15, 0.2) is 0 Å². The molecule has 134 valence electrons. The van der Waals surface area contributed by atoms with Crippen LogP contribution in [0.5, 0.6) is 0 Å². The highest BCUT2D eigenvalue weighted by Gasteiger charge is 2.23. The van der Waals surface area contributed by atoms with Gasteiger partial charge in [-0.1, -0.05) is 13.8 Å². The van der Waals surface area contributed by atoms with Gasteiger partial charge in [-0.05, 0) is 6.07 Å². The molecule has 1 saturated heterocycles. The van der Waals surface area contributed by atoms with Gasteiger partial charge in [-0.15, -0.1) is 0 Å². The Bertz CT molecular complexity index is 734. The summed E-state index contributed by atoms with van der Waals surface area (Å²) in [5.41, 5.74) is -0.407. The molecule has 0 N–H and O–H groups in total. The molecule has 0 aliphatic carbocycles. The fourth-order valence-corrected chi connectivity index (χ4v) is 4.04. The number of hydrogen-bond donors (Lipinski definition) is 0. The molecule has 0 atom stereocenters. The standard InChI is InChI=1S/C15H23N3O5S/c1-3-18(4-2)24(21,22)13-5-6-14(19)17(11-13)12-15(20)16-7-9-23-10-8-16/h5-6,11H,3-4,7-10,12H2,1-2H3. The minimum atomic E-state index is -3.67. The number of rotatable bonds is 6. The summed E-state index contributed by atoms with van der Waals surface area (Å²) in [4.78, 5) is 25.9. The Morgan fingerprint density at radius 3 is 2.42 bits per heavy atom. The summed E-state index contributed by atoms with van der Waals surface area (Å²) in [6.07, 6.45) is 1.24. The van der Waals surface area contributed by atoms with Gasteiger partial charge in [-0.25, -0.2) is 8.42 Å². The lowest BCUT2D eigenvalue weighted by Gasteiger charge is -2.27. The smallest absolute Gasteiger partial charge is 0.251 e. The topological polar surface area (TPSA) is 88.9 Å². The summed E-state index contributed by atoms with van der Waals surface area (Å²) in [5, 5.41) is 0. The van der Waals surface area contributed by atoms with E-state index in [1.807, 2.05) is 0 Å². The molecule has 0 bridgehead atoms. The van der Waals surface area contributed by atoms with Crippen LogP contribution >= 0.6 is 0 Å². The molecule has 0 unspecified atom stereocenters. The van der Waals surface area contributed by atoms with Crippen molar-refractivity contribution in [1.29, 1.82) is 0 Å². The molecule has 1 aromatic rings. The van der Waals surface area contributed by atoms with E-state index in [0.29, 0.717) is 39.4 Å². The van der Waals surface area contributed by atoms with Crippen molar-refractivity contribution in [1.82, 2.24) is 13.8 Å². The molecule has 1 aliphatic rings. The number of hydrogen-bond acceptors (Lipinski definition) is 5. The maximum atomic E-state index is 12.5. The molecule has 1 aromatic heterocycles. The van der Waals surface area contributed by atoms with Crippen molar-refractivity contribution < 1.29 is 17.9 Å². The minimum absolute atomic E-state index is 0.0144. The van der Waals surface area contributed by atoms with Crippen LogP contribution in [0.2, 0.25) is 0 Å². The zero-order valence-electron chi connectivity index (χ0n) is 14.0. The maximum Gasteiger partial charge on any atom is 0.251 e. The Kier molecular flexibility index (Phi) is 6.14. The van der Waals surface area contributed by atoms with Gasteiger partial charge in [0.25, 0.3) is 5.56 Å². The van der Waals surface area contributed by atoms with Crippen LogP contribution < -0.4 is 5.56 Å². The number of carbonyl (C=O) groups is 1. The van der Waals surface area contributed by atoms with Crippen molar-refractivity contribution in [3.8, 4) is 0 Å². The van der Waals surface area contributed by atoms with Crippen LogP contribution in [-0.2, 0) is 26.1 Å². The average molecular weight is 357 g/mol. The van der Waals surface area contributed by atoms with E-state index >= 15 is 0 Å². The zero-order valence-corrected chi connectivity index (χ0v) is 14.8. The van der Waals surface area contributed by atoms with Gasteiger partial charge in [0.05, 0.1) is 18.1 Å². The van der Waals surface area contributed by atoms with Crippen molar-refractivity contribution in [2.45, 2.75) is 25.3 Å². The van der Waals surface area contributed by atoms with Gasteiger partial charge in [0.2, 0.25) is 15.9 Å². The van der Waals surface area contributed by atoms with Crippen LogP contribution in [0.4, 0.5) is 0 Å². The van der Waals surface area contributed by atoms with Gasteiger partial charge in [-0.2, -0.15) is 4.31 Å². The molecule has 0 radical (unpaired) electrons. The van der Waals surface area contributed by atoms with Gasteiger partial charge in [-0.3, -0.25) is 9.59 Å². The molecule has 0 saturated carbocycles.